The lowest BCUT2D eigenvalue weighted by molar-refractivity contribution is -0.167. The minimum atomic E-state index is -0.767. The predicted molar refractivity (Wildman–Crippen MR) is 261 cm³/mol. The minimum Gasteiger partial charge on any atom is -0.462 e. The highest BCUT2D eigenvalue weighted by Gasteiger charge is 2.19. The molecule has 0 radical (unpaired) electrons. The average Bonchev–Trinajstić information content (AvgIpc) is 3.26. The Bertz CT molecular complexity index is 947. The molecule has 0 bridgehead atoms. The van der Waals surface area contributed by atoms with Gasteiger partial charge in [0.2, 0.25) is 0 Å². The number of allylic oxidation sites excluding steroid dienone is 2. The summed E-state index contributed by atoms with van der Waals surface area (Å²) in [5.74, 6) is -0.863. The number of esters is 3. The van der Waals surface area contributed by atoms with Gasteiger partial charge in [0, 0.05) is 19.3 Å². The Balaban J connectivity index is 4.24. The fourth-order valence-electron chi connectivity index (χ4n) is 8.13. The normalized spacial score (nSPS) is 12.0. The van der Waals surface area contributed by atoms with Crippen molar-refractivity contribution in [2.45, 2.75) is 309 Å². The van der Waals surface area contributed by atoms with Crippen molar-refractivity contribution in [3.05, 3.63) is 12.2 Å². The highest BCUT2D eigenvalue weighted by Crippen LogP contribution is 2.17. The van der Waals surface area contributed by atoms with E-state index in [0.29, 0.717) is 19.3 Å². The van der Waals surface area contributed by atoms with Crippen LogP contribution in [0, 0.1) is 0 Å². The summed E-state index contributed by atoms with van der Waals surface area (Å²) in [5.41, 5.74) is 0. The van der Waals surface area contributed by atoms with Gasteiger partial charge in [-0.2, -0.15) is 0 Å². The zero-order valence-corrected chi connectivity index (χ0v) is 41.2. The summed E-state index contributed by atoms with van der Waals surface area (Å²) in [7, 11) is 0. The van der Waals surface area contributed by atoms with Gasteiger partial charge in [-0.25, -0.2) is 0 Å². The van der Waals surface area contributed by atoms with Crippen molar-refractivity contribution in [1.29, 1.82) is 0 Å². The summed E-state index contributed by atoms with van der Waals surface area (Å²) in [6.45, 7) is 6.63. The molecule has 0 aliphatic carbocycles. The van der Waals surface area contributed by atoms with Crippen LogP contribution in [0.3, 0.4) is 0 Å². The van der Waals surface area contributed by atoms with Crippen molar-refractivity contribution < 1.29 is 28.6 Å². The Labute approximate surface area is 380 Å². The zero-order valence-electron chi connectivity index (χ0n) is 41.2. The Morgan fingerprint density at radius 3 is 0.869 bits per heavy atom. The van der Waals surface area contributed by atoms with E-state index in [-0.39, 0.29) is 31.1 Å². The summed E-state index contributed by atoms with van der Waals surface area (Å²) in [6, 6.07) is 0. The third-order valence-electron chi connectivity index (χ3n) is 12.3. The van der Waals surface area contributed by atoms with Gasteiger partial charge in [-0.3, -0.25) is 14.4 Å². The van der Waals surface area contributed by atoms with E-state index in [0.717, 1.165) is 77.0 Å². The van der Waals surface area contributed by atoms with Crippen molar-refractivity contribution >= 4 is 17.9 Å². The lowest BCUT2D eigenvalue weighted by atomic mass is 10.0. The van der Waals surface area contributed by atoms with E-state index >= 15 is 0 Å². The topological polar surface area (TPSA) is 78.9 Å². The number of hydrogen-bond donors (Lipinski definition) is 0. The number of ether oxygens (including phenoxy) is 3. The average molecular weight is 861 g/mol. The number of rotatable bonds is 50. The fraction of sp³-hybridized carbons (Fsp3) is 0.909. The summed E-state index contributed by atoms with van der Waals surface area (Å²) < 4.78 is 16.8. The second kappa shape index (κ2) is 50.8. The molecular weight excluding hydrogens is 757 g/mol. The van der Waals surface area contributed by atoms with Crippen molar-refractivity contribution in [2.24, 2.45) is 0 Å². The molecule has 0 aromatic rings. The van der Waals surface area contributed by atoms with E-state index in [1.807, 2.05) is 0 Å². The van der Waals surface area contributed by atoms with Crippen LogP contribution in [-0.2, 0) is 28.6 Å². The van der Waals surface area contributed by atoms with Crippen LogP contribution in [0.15, 0.2) is 12.2 Å². The lowest BCUT2D eigenvalue weighted by Gasteiger charge is -2.18. The fourth-order valence-corrected chi connectivity index (χ4v) is 8.13. The van der Waals surface area contributed by atoms with Gasteiger partial charge in [-0.15, -0.1) is 0 Å². The summed E-state index contributed by atoms with van der Waals surface area (Å²) in [5, 5.41) is 0. The highest BCUT2D eigenvalue weighted by molar-refractivity contribution is 5.71. The first-order valence-corrected chi connectivity index (χ1v) is 27.2. The summed E-state index contributed by atoms with van der Waals surface area (Å²) in [6.07, 6.45) is 56.3. The van der Waals surface area contributed by atoms with Crippen molar-refractivity contribution in [3.63, 3.8) is 0 Å². The molecular formula is C55H104O6. The van der Waals surface area contributed by atoms with E-state index in [1.54, 1.807) is 0 Å². The van der Waals surface area contributed by atoms with Crippen LogP contribution in [0.2, 0.25) is 0 Å². The van der Waals surface area contributed by atoms with Crippen molar-refractivity contribution in [3.8, 4) is 0 Å². The molecule has 0 heterocycles. The van der Waals surface area contributed by atoms with Crippen LogP contribution in [0.1, 0.15) is 303 Å². The molecule has 0 N–H and O–H groups in total. The molecule has 0 amide bonds. The SMILES string of the molecule is CCCC/C=C\CCCCCCC(=O)OCC(COC(=O)CCCCCCCCCCCCCCCCCCCCC)OC(=O)CCCCCCCCCCCCCCCC. The van der Waals surface area contributed by atoms with Gasteiger partial charge in [0.15, 0.2) is 6.10 Å². The molecule has 1 unspecified atom stereocenters. The Kier molecular flexibility index (Phi) is 49.3. The van der Waals surface area contributed by atoms with Gasteiger partial charge in [0.05, 0.1) is 0 Å². The Hall–Kier alpha value is -1.85. The standard InChI is InChI=1S/C55H104O6/c1-4-7-10-13-16-19-22-24-26-27-28-29-30-32-33-36-39-42-45-48-54(57)60-51-52(50-59-53(56)47-44-41-38-35-21-18-15-12-9-6-3)61-55(58)49-46-43-40-37-34-31-25-23-20-17-14-11-8-5-2/h15,18,52H,4-14,16-17,19-51H2,1-3H3/b18-15-. The number of unbranched alkanes of at least 4 members (excludes halogenated alkanes) is 37. The van der Waals surface area contributed by atoms with E-state index in [4.69, 9.17) is 14.2 Å². The molecule has 0 fully saturated rings. The molecule has 61 heavy (non-hydrogen) atoms. The first-order valence-electron chi connectivity index (χ1n) is 27.2. The molecule has 0 aromatic heterocycles. The number of carbonyl (C=O) groups excluding carboxylic acids is 3. The molecule has 360 valence electrons. The maximum absolute atomic E-state index is 12.8. The Morgan fingerprint density at radius 2 is 0.557 bits per heavy atom. The Morgan fingerprint density at radius 1 is 0.311 bits per heavy atom. The van der Waals surface area contributed by atoms with Crippen LogP contribution in [0.4, 0.5) is 0 Å². The number of hydrogen-bond acceptors (Lipinski definition) is 6. The molecule has 0 aliphatic heterocycles. The van der Waals surface area contributed by atoms with Crippen molar-refractivity contribution in [1.82, 2.24) is 0 Å². The third-order valence-corrected chi connectivity index (χ3v) is 12.3. The highest BCUT2D eigenvalue weighted by atomic mass is 16.6. The minimum absolute atomic E-state index is 0.0680. The first-order chi connectivity index (χ1) is 30.0. The van der Waals surface area contributed by atoms with E-state index in [9.17, 15) is 14.4 Å². The third kappa shape index (κ3) is 49.0. The smallest absolute Gasteiger partial charge is 0.306 e. The van der Waals surface area contributed by atoms with Gasteiger partial charge in [-0.05, 0) is 38.5 Å². The molecule has 6 heteroatoms. The van der Waals surface area contributed by atoms with Crippen LogP contribution in [0.25, 0.3) is 0 Å². The van der Waals surface area contributed by atoms with Crippen molar-refractivity contribution in [2.75, 3.05) is 13.2 Å². The molecule has 1 atom stereocenters. The summed E-state index contributed by atoms with van der Waals surface area (Å²) >= 11 is 0. The molecule has 0 saturated heterocycles. The summed E-state index contributed by atoms with van der Waals surface area (Å²) in [4.78, 5) is 37.9. The monoisotopic (exact) mass is 861 g/mol. The molecule has 6 nitrogen and oxygen atoms in total. The lowest BCUT2D eigenvalue weighted by Crippen LogP contribution is -2.30. The first kappa shape index (κ1) is 59.1. The van der Waals surface area contributed by atoms with E-state index in [1.165, 1.54) is 186 Å². The maximum atomic E-state index is 12.8. The molecule has 0 saturated carbocycles. The second-order valence-corrected chi connectivity index (χ2v) is 18.5. The molecule has 0 aromatic carbocycles. The van der Waals surface area contributed by atoms with E-state index in [2.05, 4.69) is 32.9 Å². The van der Waals surface area contributed by atoms with Gasteiger partial charge in [0.1, 0.15) is 13.2 Å². The predicted octanol–water partition coefficient (Wildman–Crippen LogP) is 17.8. The van der Waals surface area contributed by atoms with Crippen LogP contribution in [0.5, 0.6) is 0 Å². The second-order valence-electron chi connectivity index (χ2n) is 18.5. The number of carbonyl (C=O) groups is 3. The van der Waals surface area contributed by atoms with Crippen LogP contribution < -0.4 is 0 Å². The zero-order chi connectivity index (χ0) is 44.4. The quantitative estimate of drug-likeness (QED) is 0.0262. The van der Waals surface area contributed by atoms with Crippen LogP contribution in [-0.4, -0.2) is 37.2 Å². The molecule has 0 rings (SSSR count). The molecule has 0 aliphatic rings. The largest absolute Gasteiger partial charge is 0.462 e. The van der Waals surface area contributed by atoms with Crippen LogP contribution >= 0.6 is 0 Å². The van der Waals surface area contributed by atoms with E-state index < -0.39 is 6.10 Å². The van der Waals surface area contributed by atoms with Gasteiger partial charge in [0.25, 0.3) is 0 Å². The molecule has 0 spiro atoms. The van der Waals surface area contributed by atoms with Gasteiger partial charge < -0.3 is 14.2 Å². The van der Waals surface area contributed by atoms with Gasteiger partial charge in [-0.1, -0.05) is 258 Å². The van der Waals surface area contributed by atoms with Gasteiger partial charge >= 0.3 is 17.9 Å². The maximum Gasteiger partial charge on any atom is 0.306 e.